The van der Waals surface area contributed by atoms with Crippen molar-refractivity contribution in [3.63, 3.8) is 0 Å². The monoisotopic (exact) mass is 275 g/mol. The van der Waals surface area contributed by atoms with Crippen molar-refractivity contribution in [2.75, 3.05) is 26.0 Å². The number of piperidine rings is 1. The van der Waals surface area contributed by atoms with Gasteiger partial charge in [0, 0.05) is 26.3 Å². The van der Waals surface area contributed by atoms with Gasteiger partial charge in [-0.1, -0.05) is 12.8 Å². The highest BCUT2D eigenvalue weighted by molar-refractivity contribution is 7.89. The van der Waals surface area contributed by atoms with E-state index in [0.29, 0.717) is 25.0 Å². The van der Waals surface area contributed by atoms with Crippen LogP contribution in [0, 0.1) is 5.92 Å². The molecule has 0 amide bonds. The van der Waals surface area contributed by atoms with E-state index in [2.05, 4.69) is 0 Å². The normalized spacial score (nSPS) is 30.1. The summed E-state index contributed by atoms with van der Waals surface area (Å²) in [4.78, 5) is 0. The first kappa shape index (κ1) is 14.3. The molecule has 0 aromatic rings. The van der Waals surface area contributed by atoms with Crippen molar-refractivity contribution >= 4 is 10.0 Å². The molecular weight excluding hydrogens is 250 g/mol. The maximum Gasteiger partial charge on any atom is 0.214 e. The lowest BCUT2D eigenvalue weighted by atomic mass is 9.79. The van der Waals surface area contributed by atoms with Gasteiger partial charge in [0.05, 0.1) is 5.75 Å². The van der Waals surface area contributed by atoms with Gasteiger partial charge < -0.3 is 4.74 Å². The third kappa shape index (κ3) is 3.25. The second-order valence-electron chi connectivity index (χ2n) is 5.53. The minimum absolute atomic E-state index is 0.240. The van der Waals surface area contributed by atoms with Crippen molar-refractivity contribution in [1.82, 2.24) is 4.31 Å². The number of hydrogen-bond acceptors (Lipinski definition) is 3. The van der Waals surface area contributed by atoms with Crippen molar-refractivity contribution in [1.29, 1.82) is 0 Å². The van der Waals surface area contributed by atoms with Crippen molar-refractivity contribution in [3.8, 4) is 0 Å². The molecule has 106 valence electrons. The standard InChI is InChI=1S/C13H25NO3S/c1-17-10-5-11-18(15,16)14-9-4-7-12-6-2-3-8-13(12)14/h12-13H,2-11H2,1H3/t12-,13-/m1/s1. The molecule has 1 saturated heterocycles. The Kier molecular flexibility index (Phi) is 5.04. The Hall–Kier alpha value is -0.130. The summed E-state index contributed by atoms with van der Waals surface area (Å²) < 4.78 is 31.5. The molecule has 1 saturated carbocycles. The summed E-state index contributed by atoms with van der Waals surface area (Å²) >= 11 is 0. The lowest BCUT2D eigenvalue weighted by molar-refractivity contribution is 0.128. The van der Waals surface area contributed by atoms with Gasteiger partial charge in [-0.05, 0) is 38.0 Å². The van der Waals surface area contributed by atoms with Crippen LogP contribution < -0.4 is 0 Å². The number of ether oxygens (including phenoxy) is 1. The topological polar surface area (TPSA) is 46.6 Å². The maximum absolute atomic E-state index is 12.4. The summed E-state index contributed by atoms with van der Waals surface area (Å²) in [5.74, 6) is 0.856. The highest BCUT2D eigenvalue weighted by Crippen LogP contribution is 2.36. The maximum atomic E-state index is 12.4. The average molecular weight is 275 g/mol. The molecule has 0 aromatic heterocycles. The summed E-state index contributed by atoms with van der Waals surface area (Å²) in [7, 11) is -1.46. The van der Waals surface area contributed by atoms with Gasteiger partial charge in [-0.2, -0.15) is 4.31 Å². The molecule has 2 rings (SSSR count). The van der Waals surface area contributed by atoms with Gasteiger partial charge in [0.1, 0.15) is 0 Å². The molecule has 2 fully saturated rings. The van der Waals surface area contributed by atoms with Gasteiger partial charge in [-0.3, -0.25) is 0 Å². The van der Waals surface area contributed by atoms with Gasteiger partial charge in [0.2, 0.25) is 10.0 Å². The van der Waals surface area contributed by atoms with Crippen molar-refractivity contribution in [3.05, 3.63) is 0 Å². The summed E-state index contributed by atoms with van der Waals surface area (Å²) in [5.41, 5.74) is 0. The Bertz CT molecular complexity index is 353. The molecule has 0 bridgehead atoms. The van der Waals surface area contributed by atoms with E-state index in [1.165, 1.54) is 25.7 Å². The summed E-state index contributed by atoms with van der Waals surface area (Å²) in [6.07, 6.45) is 7.60. The Labute approximate surface area is 111 Å². The number of fused-ring (bicyclic) bond motifs is 1. The molecule has 0 N–H and O–H groups in total. The van der Waals surface area contributed by atoms with Crippen LogP contribution in [-0.4, -0.2) is 44.8 Å². The van der Waals surface area contributed by atoms with Crippen LogP contribution in [0.3, 0.4) is 0 Å². The largest absolute Gasteiger partial charge is 0.385 e. The Morgan fingerprint density at radius 1 is 1.17 bits per heavy atom. The van der Waals surface area contributed by atoms with Crippen LogP contribution >= 0.6 is 0 Å². The van der Waals surface area contributed by atoms with Gasteiger partial charge in [-0.25, -0.2) is 8.42 Å². The smallest absolute Gasteiger partial charge is 0.214 e. The number of nitrogens with zero attached hydrogens (tertiary/aromatic N) is 1. The molecule has 0 radical (unpaired) electrons. The lowest BCUT2D eigenvalue weighted by Crippen LogP contribution is -2.50. The van der Waals surface area contributed by atoms with E-state index < -0.39 is 10.0 Å². The summed E-state index contributed by atoms with van der Waals surface area (Å²) in [6, 6.07) is 0.292. The fourth-order valence-corrected chi connectivity index (χ4v) is 5.24. The predicted molar refractivity (Wildman–Crippen MR) is 72.0 cm³/mol. The molecular formula is C13H25NO3S. The molecule has 1 aliphatic heterocycles. The van der Waals surface area contributed by atoms with E-state index in [1.54, 1.807) is 7.11 Å². The van der Waals surface area contributed by atoms with Gasteiger partial charge in [0.15, 0.2) is 0 Å². The van der Waals surface area contributed by atoms with Crippen molar-refractivity contribution in [2.24, 2.45) is 5.92 Å². The molecule has 0 spiro atoms. The SMILES string of the molecule is COCCCS(=O)(=O)N1CCC[C@H]2CCCC[C@H]21. The predicted octanol–water partition coefficient (Wildman–Crippen LogP) is 2.01. The summed E-state index contributed by atoms with van der Waals surface area (Å²) in [6.45, 7) is 1.26. The zero-order chi connectivity index (χ0) is 13.0. The van der Waals surface area contributed by atoms with Crippen LogP contribution in [0.5, 0.6) is 0 Å². The number of rotatable bonds is 5. The molecule has 0 aromatic carbocycles. The highest BCUT2D eigenvalue weighted by atomic mass is 32.2. The van der Waals surface area contributed by atoms with E-state index in [-0.39, 0.29) is 5.75 Å². The quantitative estimate of drug-likeness (QED) is 0.721. The molecule has 4 nitrogen and oxygen atoms in total. The Balaban J connectivity index is 2.00. The van der Waals surface area contributed by atoms with Gasteiger partial charge in [0.25, 0.3) is 0 Å². The first-order chi connectivity index (χ1) is 8.65. The van der Waals surface area contributed by atoms with E-state index in [9.17, 15) is 8.42 Å². The van der Waals surface area contributed by atoms with E-state index >= 15 is 0 Å². The molecule has 5 heteroatoms. The van der Waals surface area contributed by atoms with Crippen LogP contribution in [0.4, 0.5) is 0 Å². The van der Waals surface area contributed by atoms with Crippen LogP contribution in [0.25, 0.3) is 0 Å². The summed E-state index contributed by atoms with van der Waals surface area (Å²) in [5, 5.41) is 0. The van der Waals surface area contributed by atoms with E-state index in [1.807, 2.05) is 4.31 Å². The molecule has 0 unspecified atom stereocenters. The third-order valence-electron chi connectivity index (χ3n) is 4.30. The minimum Gasteiger partial charge on any atom is -0.385 e. The second-order valence-corrected chi connectivity index (χ2v) is 7.57. The zero-order valence-electron chi connectivity index (χ0n) is 11.3. The van der Waals surface area contributed by atoms with E-state index in [0.717, 1.165) is 19.4 Å². The van der Waals surface area contributed by atoms with Crippen LogP contribution in [0.1, 0.15) is 44.9 Å². The first-order valence-corrected chi connectivity index (χ1v) is 8.74. The van der Waals surface area contributed by atoms with Gasteiger partial charge in [-0.15, -0.1) is 0 Å². The fourth-order valence-electron chi connectivity index (χ4n) is 3.43. The Morgan fingerprint density at radius 3 is 2.67 bits per heavy atom. The van der Waals surface area contributed by atoms with E-state index in [4.69, 9.17) is 4.74 Å². The lowest BCUT2D eigenvalue weighted by Gasteiger charge is -2.43. The molecule has 18 heavy (non-hydrogen) atoms. The number of hydrogen-bond donors (Lipinski definition) is 0. The highest BCUT2D eigenvalue weighted by Gasteiger charge is 2.38. The zero-order valence-corrected chi connectivity index (χ0v) is 12.1. The van der Waals surface area contributed by atoms with Crippen LogP contribution in [0.2, 0.25) is 0 Å². The number of sulfonamides is 1. The first-order valence-electron chi connectivity index (χ1n) is 7.13. The van der Waals surface area contributed by atoms with Gasteiger partial charge >= 0.3 is 0 Å². The molecule has 1 heterocycles. The average Bonchev–Trinajstić information content (AvgIpc) is 2.38. The Morgan fingerprint density at radius 2 is 1.89 bits per heavy atom. The van der Waals surface area contributed by atoms with Crippen molar-refractivity contribution in [2.45, 2.75) is 51.0 Å². The molecule has 2 atom stereocenters. The second kappa shape index (κ2) is 6.35. The van der Waals surface area contributed by atoms with Crippen LogP contribution in [-0.2, 0) is 14.8 Å². The van der Waals surface area contributed by atoms with Crippen molar-refractivity contribution < 1.29 is 13.2 Å². The van der Waals surface area contributed by atoms with Crippen LogP contribution in [0.15, 0.2) is 0 Å². The third-order valence-corrected chi connectivity index (χ3v) is 6.27. The molecule has 1 aliphatic carbocycles. The fraction of sp³-hybridized carbons (Fsp3) is 1.00. The molecule has 2 aliphatic rings. The number of methoxy groups -OCH3 is 1. The minimum atomic E-state index is -3.07.